The monoisotopic (exact) mass is 340 g/mol. The van der Waals surface area contributed by atoms with Crippen LogP contribution in [0.15, 0.2) is 18.2 Å². The number of hydrogen-bond acceptors (Lipinski definition) is 2. The summed E-state index contributed by atoms with van der Waals surface area (Å²) in [4.78, 5) is 25.9. The molecule has 0 aromatic heterocycles. The molecular weight excluding hydrogens is 319 g/mol. The van der Waals surface area contributed by atoms with Gasteiger partial charge in [0.2, 0.25) is 11.8 Å². The van der Waals surface area contributed by atoms with Crippen LogP contribution in [0.1, 0.15) is 32.8 Å². The Morgan fingerprint density at radius 2 is 2.13 bits per heavy atom. The van der Waals surface area contributed by atoms with Gasteiger partial charge in [0, 0.05) is 35.6 Å². The summed E-state index contributed by atoms with van der Waals surface area (Å²) in [6.07, 6.45) is 0.546. The Morgan fingerprint density at radius 1 is 1.43 bits per heavy atom. The predicted molar refractivity (Wildman–Crippen MR) is 87.7 cm³/mol. The van der Waals surface area contributed by atoms with Crippen LogP contribution in [0.2, 0.25) is 5.02 Å². The normalized spacial score (nSPS) is 18.4. The minimum atomic E-state index is -0.373. The van der Waals surface area contributed by atoms with E-state index in [1.54, 1.807) is 17.0 Å². The van der Waals surface area contributed by atoms with Crippen molar-refractivity contribution in [2.75, 3.05) is 13.1 Å². The second-order valence-electron chi connectivity index (χ2n) is 6.82. The summed E-state index contributed by atoms with van der Waals surface area (Å²) < 4.78 is 13.7. The molecule has 1 aromatic rings. The molecule has 1 aliphatic rings. The molecule has 23 heavy (non-hydrogen) atoms. The minimum Gasteiger partial charge on any atom is -0.355 e. The lowest BCUT2D eigenvalue weighted by molar-refractivity contribution is -0.132. The van der Waals surface area contributed by atoms with E-state index in [2.05, 4.69) is 5.32 Å². The number of carbonyl (C=O) groups is 2. The van der Waals surface area contributed by atoms with Crippen molar-refractivity contribution in [2.24, 2.45) is 5.92 Å². The number of hydrogen-bond donors (Lipinski definition) is 1. The molecule has 0 bridgehead atoms. The van der Waals surface area contributed by atoms with Crippen LogP contribution in [0.3, 0.4) is 0 Å². The maximum Gasteiger partial charge on any atom is 0.225 e. The summed E-state index contributed by atoms with van der Waals surface area (Å²) in [6.45, 7) is 6.57. The summed E-state index contributed by atoms with van der Waals surface area (Å²) >= 11 is 5.96. The molecule has 2 amide bonds. The molecule has 0 saturated carbocycles. The van der Waals surface area contributed by atoms with Crippen LogP contribution in [0.5, 0.6) is 0 Å². The maximum atomic E-state index is 13.7. The van der Waals surface area contributed by atoms with Crippen molar-refractivity contribution >= 4 is 23.4 Å². The van der Waals surface area contributed by atoms with Gasteiger partial charge in [0.25, 0.3) is 0 Å². The highest BCUT2D eigenvalue weighted by molar-refractivity contribution is 6.31. The zero-order chi connectivity index (χ0) is 17.2. The molecule has 1 atom stereocenters. The number of likely N-dealkylation sites (tertiary alicyclic amines) is 1. The third kappa shape index (κ3) is 4.22. The Balaban J connectivity index is 1.88. The molecule has 6 heteroatoms. The van der Waals surface area contributed by atoms with Gasteiger partial charge in [-0.2, -0.15) is 0 Å². The SMILES string of the molecule is CC(C)(C)N1C[C@@H](C(=O)NCCc2c(F)cccc2Cl)CC1=O. The van der Waals surface area contributed by atoms with Crippen LogP contribution in [0.25, 0.3) is 0 Å². The van der Waals surface area contributed by atoms with Gasteiger partial charge < -0.3 is 10.2 Å². The number of nitrogens with one attached hydrogen (secondary N) is 1. The van der Waals surface area contributed by atoms with Gasteiger partial charge in [-0.05, 0) is 39.3 Å². The number of halogens is 2. The number of rotatable bonds is 4. The maximum absolute atomic E-state index is 13.7. The van der Waals surface area contributed by atoms with E-state index in [1.165, 1.54) is 6.07 Å². The lowest BCUT2D eigenvalue weighted by Crippen LogP contribution is -2.43. The first kappa shape index (κ1) is 17.7. The smallest absolute Gasteiger partial charge is 0.225 e. The van der Waals surface area contributed by atoms with E-state index >= 15 is 0 Å². The second-order valence-corrected chi connectivity index (χ2v) is 7.22. The van der Waals surface area contributed by atoms with Gasteiger partial charge in [-0.3, -0.25) is 9.59 Å². The lowest BCUT2D eigenvalue weighted by Gasteiger charge is -2.31. The summed E-state index contributed by atoms with van der Waals surface area (Å²) in [5.41, 5.74) is 0.112. The zero-order valence-electron chi connectivity index (χ0n) is 13.7. The van der Waals surface area contributed by atoms with Crippen LogP contribution < -0.4 is 5.32 Å². The van der Waals surface area contributed by atoms with Crippen molar-refractivity contribution in [1.82, 2.24) is 10.2 Å². The molecule has 0 radical (unpaired) electrons. The Hall–Kier alpha value is -1.62. The highest BCUT2D eigenvalue weighted by atomic mass is 35.5. The molecule has 126 valence electrons. The van der Waals surface area contributed by atoms with Crippen molar-refractivity contribution in [3.63, 3.8) is 0 Å². The third-order valence-electron chi connectivity index (χ3n) is 4.04. The highest BCUT2D eigenvalue weighted by Crippen LogP contribution is 2.26. The van der Waals surface area contributed by atoms with E-state index in [0.29, 0.717) is 30.1 Å². The summed E-state index contributed by atoms with van der Waals surface area (Å²) in [5.74, 6) is -0.896. The van der Waals surface area contributed by atoms with E-state index in [-0.39, 0.29) is 35.5 Å². The fourth-order valence-electron chi connectivity index (χ4n) is 2.76. The third-order valence-corrected chi connectivity index (χ3v) is 4.40. The van der Waals surface area contributed by atoms with Gasteiger partial charge in [0.05, 0.1) is 5.92 Å². The summed E-state index contributed by atoms with van der Waals surface area (Å²) in [5, 5.41) is 3.13. The number of amides is 2. The molecule has 2 rings (SSSR count). The first-order valence-electron chi connectivity index (χ1n) is 7.71. The molecule has 1 N–H and O–H groups in total. The molecule has 4 nitrogen and oxygen atoms in total. The van der Waals surface area contributed by atoms with Crippen molar-refractivity contribution in [2.45, 2.75) is 39.2 Å². The summed E-state index contributed by atoms with van der Waals surface area (Å²) in [7, 11) is 0. The van der Waals surface area contributed by atoms with Gasteiger partial charge in [-0.15, -0.1) is 0 Å². The fourth-order valence-corrected chi connectivity index (χ4v) is 3.02. The largest absolute Gasteiger partial charge is 0.355 e. The first-order chi connectivity index (χ1) is 10.7. The van der Waals surface area contributed by atoms with Gasteiger partial charge in [-0.25, -0.2) is 4.39 Å². The summed E-state index contributed by atoms with van der Waals surface area (Å²) in [6, 6.07) is 4.52. The predicted octanol–water partition coefficient (Wildman–Crippen LogP) is 2.78. The molecule has 1 heterocycles. The van der Waals surface area contributed by atoms with Gasteiger partial charge in [0.1, 0.15) is 5.82 Å². The van der Waals surface area contributed by atoms with Crippen LogP contribution in [0.4, 0.5) is 4.39 Å². The average Bonchev–Trinajstić information content (AvgIpc) is 2.84. The standard InChI is InChI=1S/C17H22ClFN2O2/c1-17(2,3)21-10-11(9-15(21)22)16(23)20-8-7-12-13(18)5-4-6-14(12)19/h4-6,11H,7-10H2,1-3H3,(H,20,23)/t11-/m0/s1. The zero-order valence-corrected chi connectivity index (χ0v) is 14.4. The van der Waals surface area contributed by atoms with E-state index < -0.39 is 0 Å². The lowest BCUT2D eigenvalue weighted by atomic mass is 10.1. The van der Waals surface area contributed by atoms with Crippen molar-refractivity contribution in [3.05, 3.63) is 34.6 Å². The Kier molecular flexibility index (Phi) is 5.30. The van der Waals surface area contributed by atoms with Gasteiger partial charge >= 0.3 is 0 Å². The molecule has 1 fully saturated rings. The van der Waals surface area contributed by atoms with E-state index in [9.17, 15) is 14.0 Å². The van der Waals surface area contributed by atoms with Crippen LogP contribution in [-0.4, -0.2) is 35.3 Å². The van der Waals surface area contributed by atoms with E-state index in [1.807, 2.05) is 20.8 Å². The van der Waals surface area contributed by atoms with Crippen molar-refractivity contribution < 1.29 is 14.0 Å². The molecular formula is C17H22ClFN2O2. The topological polar surface area (TPSA) is 49.4 Å². The molecule has 1 aromatic carbocycles. The number of carbonyl (C=O) groups excluding carboxylic acids is 2. The van der Waals surface area contributed by atoms with Crippen LogP contribution in [0, 0.1) is 11.7 Å². The average molecular weight is 341 g/mol. The second kappa shape index (κ2) is 6.87. The molecule has 1 saturated heterocycles. The number of benzene rings is 1. The Morgan fingerprint density at radius 3 is 2.70 bits per heavy atom. The van der Waals surface area contributed by atoms with E-state index in [0.717, 1.165) is 0 Å². The fraction of sp³-hybridized carbons (Fsp3) is 0.529. The molecule has 0 aliphatic carbocycles. The highest BCUT2D eigenvalue weighted by Gasteiger charge is 2.39. The number of nitrogens with zero attached hydrogens (tertiary/aromatic N) is 1. The van der Waals surface area contributed by atoms with Gasteiger partial charge in [-0.1, -0.05) is 17.7 Å². The van der Waals surface area contributed by atoms with Crippen molar-refractivity contribution in [3.8, 4) is 0 Å². The Labute approximate surface area is 141 Å². The van der Waals surface area contributed by atoms with Crippen LogP contribution in [-0.2, 0) is 16.0 Å². The molecule has 0 unspecified atom stereocenters. The van der Waals surface area contributed by atoms with Crippen molar-refractivity contribution in [1.29, 1.82) is 0 Å². The molecule has 1 aliphatic heterocycles. The minimum absolute atomic E-state index is 0.00482. The molecule has 0 spiro atoms. The van der Waals surface area contributed by atoms with Crippen LogP contribution >= 0.6 is 11.6 Å². The first-order valence-corrected chi connectivity index (χ1v) is 8.09. The quantitative estimate of drug-likeness (QED) is 0.916. The van der Waals surface area contributed by atoms with Gasteiger partial charge in [0.15, 0.2) is 0 Å². The Bertz CT molecular complexity index is 593. The van der Waals surface area contributed by atoms with E-state index in [4.69, 9.17) is 11.6 Å².